The second-order valence-electron chi connectivity index (χ2n) is 6.83. The van der Waals surface area contributed by atoms with Crippen LogP contribution in [0.1, 0.15) is 31.7 Å². The van der Waals surface area contributed by atoms with Crippen LogP contribution in [0, 0.1) is 0 Å². The number of amides is 1. The second kappa shape index (κ2) is 7.04. The molecule has 0 aliphatic carbocycles. The molecule has 1 aliphatic rings. The summed E-state index contributed by atoms with van der Waals surface area (Å²) in [7, 11) is 0. The lowest BCUT2D eigenvalue weighted by Crippen LogP contribution is -2.47. The summed E-state index contributed by atoms with van der Waals surface area (Å²) in [5.41, 5.74) is 1.25. The van der Waals surface area contributed by atoms with Gasteiger partial charge in [0, 0.05) is 43.7 Å². The van der Waals surface area contributed by atoms with Gasteiger partial charge in [0.2, 0.25) is 5.91 Å². The molecule has 1 amide bonds. The van der Waals surface area contributed by atoms with Gasteiger partial charge in [0.1, 0.15) is 0 Å². The highest BCUT2D eigenvalue weighted by Crippen LogP contribution is 2.33. The Labute approximate surface area is 142 Å². The van der Waals surface area contributed by atoms with E-state index in [1.807, 2.05) is 17.0 Å². The number of nitrogens with zero attached hydrogens (tertiary/aromatic N) is 2. The fourth-order valence-electron chi connectivity index (χ4n) is 3.55. The number of aromatic nitrogens is 1. The van der Waals surface area contributed by atoms with Crippen molar-refractivity contribution in [2.75, 3.05) is 13.1 Å². The zero-order valence-corrected chi connectivity index (χ0v) is 14.1. The number of carbonyl (C=O) groups is 1. The van der Waals surface area contributed by atoms with Gasteiger partial charge >= 0.3 is 0 Å². The highest BCUT2D eigenvalue weighted by Gasteiger charge is 2.34. The normalized spacial score (nSPS) is 20.8. The third-order valence-corrected chi connectivity index (χ3v) is 4.99. The Morgan fingerprint density at radius 2 is 1.88 bits per heavy atom. The molecule has 3 rings (SSSR count). The fraction of sp³-hybridized carbons (Fsp3) is 0.400. The molecule has 1 saturated heterocycles. The van der Waals surface area contributed by atoms with Crippen molar-refractivity contribution < 1.29 is 4.79 Å². The van der Waals surface area contributed by atoms with E-state index in [0.717, 1.165) is 25.9 Å². The molecule has 0 radical (unpaired) electrons. The zero-order valence-electron chi connectivity index (χ0n) is 14.1. The summed E-state index contributed by atoms with van der Waals surface area (Å²) in [6.45, 7) is 4.24. The molecule has 0 spiro atoms. The van der Waals surface area contributed by atoms with E-state index in [1.165, 1.54) is 11.6 Å². The molecule has 24 heavy (non-hydrogen) atoms. The van der Waals surface area contributed by atoms with E-state index in [4.69, 9.17) is 0 Å². The topological polar surface area (TPSA) is 42.3 Å². The molecule has 2 aromatic rings. The van der Waals surface area contributed by atoms with Crippen LogP contribution in [0.3, 0.4) is 0 Å². The molecule has 1 aromatic heterocycles. The van der Waals surface area contributed by atoms with E-state index in [1.54, 1.807) is 16.8 Å². The molecule has 1 fully saturated rings. The number of hydrogen-bond acceptors (Lipinski definition) is 2. The van der Waals surface area contributed by atoms with Gasteiger partial charge in [0.15, 0.2) is 0 Å². The molecular weight excluding hydrogens is 300 g/mol. The van der Waals surface area contributed by atoms with E-state index >= 15 is 0 Å². The number of piperidine rings is 1. The Morgan fingerprint density at radius 1 is 1.12 bits per heavy atom. The summed E-state index contributed by atoms with van der Waals surface area (Å²) in [5, 5.41) is 0. The number of likely N-dealkylation sites (tertiary alicyclic amines) is 1. The quantitative estimate of drug-likeness (QED) is 0.868. The molecule has 0 saturated carbocycles. The van der Waals surface area contributed by atoms with Crippen molar-refractivity contribution in [3.8, 4) is 0 Å². The number of benzene rings is 1. The van der Waals surface area contributed by atoms with Gasteiger partial charge in [-0.05, 0) is 24.5 Å². The predicted molar refractivity (Wildman–Crippen MR) is 94.9 cm³/mol. The number of carbonyl (C=O) groups excluding carboxylic acids is 1. The van der Waals surface area contributed by atoms with Crippen molar-refractivity contribution in [3.63, 3.8) is 0 Å². The highest BCUT2D eigenvalue weighted by molar-refractivity contribution is 5.76. The Morgan fingerprint density at radius 3 is 2.62 bits per heavy atom. The van der Waals surface area contributed by atoms with Crippen LogP contribution in [0.2, 0.25) is 0 Å². The van der Waals surface area contributed by atoms with Crippen molar-refractivity contribution in [1.29, 1.82) is 0 Å². The standard InChI is InChI=1S/C20H24N2O2/c1-20(17-8-3-2-4-9-17)12-7-14-22(16-20)19(24)11-15-21-13-6-5-10-18(21)23/h2-6,8-10,13H,7,11-12,14-16H2,1H3/t20-/m0/s1. The summed E-state index contributed by atoms with van der Waals surface area (Å²) < 4.78 is 1.60. The maximum absolute atomic E-state index is 12.6. The molecule has 2 heterocycles. The first-order valence-electron chi connectivity index (χ1n) is 8.57. The average molecular weight is 324 g/mol. The maximum atomic E-state index is 12.6. The molecule has 1 aromatic carbocycles. The first-order chi connectivity index (χ1) is 11.6. The van der Waals surface area contributed by atoms with E-state index in [0.29, 0.717) is 13.0 Å². The Balaban J connectivity index is 1.65. The van der Waals surface area contributed by atoms with Gasteiger partial charge in [-0.3, -0.25) is 9.59 Å². The van der Waals surface area contributed by atoms with Gasteiger partial charge in [-0.15, -0.1) is 0 Å². The molecule has 0 unspecified atom stereocenters. The van der Waals surface area contributed by atoms with Crippen LogP contribution in [-0.2, 0) is 16.8 Å². The Hall–Kier alpha value is -2.36. The third kappa shape index (κ3) is 3.58. The van der Waals surface area contributed by atoms with Crippen LogP contribution in [0.4, 0.5) is 0 Å². The van der Waals surface area contributed by atoms with Crippen molar-refractivity contribution in [3.05, 3.63) is 70.6 Å². The lowest BCUT2D eigenvalue weighted by Gasteiger charge is -2.41. The largest absolute Gasteiger partial charge is 0.342 e. The minimum atomic E-state index is -0.0573. The fourth-order valence-corrected chi connectivity index (χ4v) is 3.55. The first kappa shape index (κ1) is 16.5. The van der Waals surface area contributed by atoms with Crippen LogP contribution in [0.5, 0.6) is 0 Å². The van der Waals surface area contributed by atoms with Crippen molar-refractivity contribution >= 4 is 5.91 Å². The maximum Gasteiger partial charge on any atom is 0.250 e. The van der Waals surface area contributed by atoms with E-state index < -0.39 is 0 Å². The average Bonchev–Trinajstić information content (AvgIpc) is 2.61. The van der Waals surface area contributed by atoms with Crippen molar-refractivity contribution in [2.24, 2.45) is 0 Å². The summed E-state index contributed by atoms with van der Waals surface area (Å²) in [5.74, 6) is 0.132. The van der Waals surface area contributed by atoms with E-state index in [9.17, 15) is 9.59 Å². The van der Waals surface area contributed by atoms with E-state index in [-0.39, 0.29) is 16.9 Å². The molecule has 4 nitrogen and oxygen atoms in total. The summed E-state index contributed by atoms with van der Waals surface area (Å²) in [4.78, 5) is 26.3. The van der Waals surface area contributed by atoms with Gasteiger partial charge < -0.3 is 9.47 Å². The first-order valence-corrected chi connectivity index (χ1v) is 8.57. The minimum Gasteiger partial charge on any atom is -0.342 e. The smallest absolute Gasteiger partial charge is 0.250 e. The molecule has 4 heteroatoms. The summed E-state index contributed by atoms with van der Waals surface area (Å²) in [6, 6.07) is 15.5. The van der Waals surface area contributed by atoms with Gasteiger partial charge in [0.25, 0.3) is 5.56 Å². The molecule has 1 aliphatic heterocycles. The third-order valence-electron chi connectivity index (χ3n) is 4.99. The van der Waals surface area contributed by atoms with Gasteiger partial charge in [-0.25, -0.2) is 0 Å². The van der Waals surface area contributed by atoms with E-state index in [2.05, 4.69) is 31.2 Å². The number of rotatable bonds is 4. The number of hydrogen-bond donors (Lipinski definition) is 0. The Bertz CT molecular complexity index is 753. The summed E-state index contributed by atoms with van der Waals surface area (Å²) in [6.07, 6.45) is 4.22. The van der Waals surface area contributed by atoms with Crippen LogP contribution >= 0.6 is 0 Å². The lowest BCUT2D eigenvalue weighted by molar-refractivity contribution is -0.133. The Kier molecular flexibility index (Phi) is 4.84. The van der Waals surface area contributed by atoms with Crippen molar-refractivity contribution in [1.82, 2.24) is 9.47 Å². The zero-order chi connectivity index (χ0) is 17.0. The monoisotopic (exact) mass is 324 g/mol. The SMILES string of the molecule is C[C@]1(c2ccccc2)CCCN(C(=O)CCn2ccccc2=O)C1. The van der Waals surface area contributed by atoms with Crippen LogP contribution in [0.25, 0.3) is 0 Å². The summed E-state index contributed by atoms with van der Waals surface area (Å²) >= 11 is 0. The highest BCUT2D eigenvalue weighted by atomic mass is 16.2. The van der Waals surface area contributed by atoms with Crippen LogP contribution in [0.15, 0.2) is 59.5 Å². The van der Waals surface area contributed by atoms with Gasteiger partial charge in [0.05, 0.1) is 0 Å². The van der Waals surface area contributed by atoms with Gasteiger partial charge in [-0.1, -0.05) is 43.3 Å². The van der Waals surface area contributed by atoms with Gasteiger partial charge in [-0.2, -0.15) is 0 Å². The predicted octanol–water partition coefficient (Wildman–Crippen LogP) is 2.82. The lowest BCUT2D eigenvalue weighted by atomic mass is 9.76. The molecule has 0 N–H and O–H groups in total. The van der Waals surface area contributed by atoms with Crippen molar-refractivity contribution in [2.45, 2.75) is 38.1 Å². The number of aryl methyl sites for hydroxylation is 1. The van der Waals surface area contributed by atoms with Crippen LogP contribution in [-0.4, -0.2) is 28.5 Å². The second-order valence-corrected chi connectivity index (χ2v) is 6.83. The van der Waals surface area contributed by atoms with Crippen LogP contribution < -0.4 is 5.56 Å². The number of pyridine rings is 1. The molecular formula is C20H24N2O2. The minimum absolute atomic E-state index is 0.0127. The molecule has 126 valence electrons. The molecule has 1 atom stereocenters. The molecule has 0 bridgehead atoms.